The van der Waals surface area contributed by atoms with Gasteiger partial charge in [-0.05, 0) is 32.0 Å². The molecule has 0 fully saturated rings. The number of nitrogens with one attached hydrogen (secondary N) is 1. The Hall–Kier alpha value is -1.26. The van der Waals surface area contributed by atoms with E-state index in [2.05, 4.69) is 12.2 Å². The first-order valence-corrected chi connectivity index (χ1v) is 6.66. The Labute approximate surface area is 116 Å². The maximum Gasteiger partial charge on any atom is 0.127 e. The van der Waals surface area contributed by atoms with Crippen LogP contribution in [0.4, 0.5) is 0 Å². The fourth-order valence-corrected chi connectivity index (χ4v) is 2.13. The maximum absolute atomic E-state index is 5.49. The SMILES string of the molecule is CCCNC(c1c(OC)cccc1OC)C(C)OC. The molecule has 1 rings (SSSR count). The summed E-state index contributed by atoms with van der Waals surface area (Å²) in [5, 5.41) is 3.50. The lowest BCUT2D eigenvalue weighted by molar-refractivity contribution is 0.0811. The number of methoxy groups -OCH3 is 3. The highest BCUT2D eigenvalue weighted by Gasteiger charge is 2.25. The fourth-order valence-electron chi connectivity index (χ4n) is 2.13. The second-order valence-corrected chi connectivity index (χ2v) is 4.45. The third-order valence-corrected chi connectivity index (χ3v) is 3.23. The molecule has 0 bridgehead atoms. The fraction of sp³-hybridized carbons (Fsp3) is 0.600. The zero-order chi connectivity index (χ0) is 14.3. The molecule has 19 heavy (non-hydrogen) atoms. The van der Waals surface area contributed by atoms with Crippen LogP contribution in [0.2, 0.25) is 0 Å². The molecule has 4 nitrogen and oxygen atoms in total. The Morgan fingerprint density at radius 1 is 1.11 bits per heavy atom. The molecule has 1 aromatic rings. The van der Waals surface area contributed by atoms with Crippen LogP contribution in [0.5, 0.6) is 11.5 Å². The molecule has 0 amide bonds. The zero-order valence-electron chi connectivity index (χ0n) is 12.5. The summed E-state index contributed by atoms with van der Waals surface area (Å²) in [5.74, 6) is 1.63. The molecule has 0 spiro atoms. The number of hydrogen-bond donors (Lipinski definition) is 1. The summed E-state index contributed by atoms with van der Waals surface area (Å²) >= 11 is 0. The van der Waals surface area contributed by atoms with Gasteiger partial charge in [-0.1, -0.05) is 13.0 Å². The second-order valence-electron chi connectivity index (χ2n) is 4.45. The largest absolute Gasteiger partial charge is 0.496 e. The molecule has 2 unspecified atom stereocenters. The minimum absolute atomic E-state index is 0.0248. The highest BCUT2D eigenvalue weighted by atomic mass is 16.5. The predicted octanol–water partition coefficient (Wildman–Crippen LogP) is 2.78. The molecule has 0 radical (unpaired) electrons. The van der Waals surface area contributed by atoms with Gasteiger partial charge in [-0.3, -0.25) is 0 Å². The standard InChI is InChI=1S/C15H25NO3/c1-6-10-16-15(11(2)17-3)14-12(18-4)8-7-9-13(14)19-5/h7-9,11,15-16H,6,10H2,1-5H3. The number of rotatable bonds is 8. The smallest absolute Gasteiger partial charge is 0.127 e. The van der Waals surface area contributed by atoms with Gasteiger partial charge >= 0.3 is 0 Å². The van der Waals surface area contributed by atoms with Gasteiger partial charge in [0.25, 0.3) is 0 Å². The summed E-state index contributed by atoms with van der Waals surface area (Å²) in [6.45, 7) is 5.10. The van der Waals surface area contributed by atoms with Crippen molar-refractivity contribution in [2.45, 2.75) is 32.4 Å². The van der Waals surface area contributed by atoms with E-state index in [1.807, 2.05) is 25.1 Å². The summed E-state index contributed by atoms with van der Waals surface area (Å²) in [4.78, 5) is 0. The van der Waals surface area contributed by atoms with Crippen LogP contribution in [0.15, 0.2) is 18.2 Å². The topological polar surface area (TPSA) is 39.7 Å². The number of ether oxygens (including phenoxy) is 3. The van der Waals surface area contributed by atoms with Crippen LogP contribution >= 0.6 is 0 Å². The van der Waals surface area contributed by atoms with Gasteiger partial charge in [-0.15, -0.1) is 0 Å². The van der Waals surface area contributed by atoms with E-state index in [9.17, 15) is 0 Å². The van der Waals surface area contributed by atoms with Gasteiger partial charge in [-0.2, -0.15) is 0 Å². The van der Waals surface area contributed by atoms with Crippen molar-refractivity contribution < 1.29 is 14.2 Å². The minimum atomic E-state index is 0.0248. The Balaban J connectivity index is 3.18. The maximum atomic E-state index is 5.49. The quantitative estimate of drug-likeness (QED) is 0.786. The van der Waals surface area contributed by atoms with E-state index in [1.54, 1.807) is 21.3 Å². The molecular weight excluding hydrogens is 242 g/mol. The van der Waals surface area contributed by atoms with Gasteiger partial charge in [-0.25, -0.2) is 0 Å². The molecular formula is C15H25NO3. The second kappa shape index (κ2) is 8.02. The van der Waals surface area contributed by atoms with E-state index < -0.39 is 0 Å². The first-order chi connectivity index (χ1) is 9.19. The first-order valence-electron chi connectivity index (χ1n) is 6.66. The molecule has 0 aliphatic carbocycles. The van der Waals surface area contributed by atoms with Crippen LogP contribution in [0, 0.1) is 0 Å². The Morgan fingerprint density at radius 2 is 1.68 bits per heavy atom. The van der Waals surface area contributed by atoms with Crippen LogP contribution < -0.4 is 14.8 Å². The van der Waals surface area contributed by atoms with Gasteiger partial charge in [0.2, 0.25) is 0 Å². The predicted molar refractivity (Wildman–Crippen MR) is 77.1 cm³/mol. The normalized spacial score (nSPS) is 13.9. The average Bonchev–Trinajstić information content (AvgIpc) is 2.46. The van der Waals surface area contributed by atoms with Crippen molar-refractivity contribution in [1.29, 1.82) is 0 Å². The molecule has 1 aromatic carbocycles. The van der Waals surface area contributed by atoms with E-state index in [-0.39, 0.29) is 12.1 Å². The molecule has 4 heteroatoms. The average molecular weight is 267 g/mol. The van der Waals surface area contributed by atoms with Crippen LogP contribution in [0.3, 0.4) is 0 Å². The number of hydrogen-bond acceptors (Lipinski definition) is 4. The van der Waals surface area contributed by atoms with Crippen LogP contribution in [0.1, 0.15) is 31.9 Å². The van der Waals surface area contributed by atoms with Crippen molar-refractivity contribution in [2.24, 2.45) is 0 Å². The van der Waals surface area contributed by atoms with Crippen molar-refractivity contribution in [3.8, 4) is 11.5 Å². The molecule has 0 aromatic heterocycles. The molecule has 0 aliphatic rings. The lowest BCUT2D eigenvalue weighted by Gasteiger charge is -2.27. The molecule has 2 atom stereocenters. The summed E-state index contributed by atoms with van der Waals surface area (Å²) < 4.78 is 16.4. The minimum Gasteiger partial charge on any atom is -0.496 e. The Kier molecular flexibility index (Phi) is 6.67. The van der Waals surface area contributed by atoms with Gasteiger partial charge in [0.15, 0.2) is 0 Å². The molecule has 0 saturated heterocycles. The zero-order valence-corrected chi connectivity index (χ0v) is 12.5. The van der Waals surface area contributed by atoms with E-state index >= 15 is 0 Å². The highest BCUT2D eigenvalue weighted by molar-refractivity contribution is 5.47. The lowest BCUT2D eigenvalue weighted by atomic mass is 9.99. The van der Waals surface area contributed by atoms with Crippen LogP contribution in [-0.4, -0.2) is 34.0 Å². The third kappa shape index (κ3) is 3.85. The Bertz CT molecular complexity index is 359. The van der Waals surface area contributed by atoms with Gasteiger partial charge in [0, 0.05) is 7.11 Å². The molecule has 1 N–H and O–H groups in total. The molecule has 0 aliphatic heterocycles. The van der Waals surface area contributed by atoms with E-state index in [1.165, 1.54) is 0 Å². The van der Waals surface area contributed by atoms with Crippen molar-refractivity contribution in [1.82, 2.24) is 5.32 Å². The summed E-state index contributed by atoms with van der Waals surface area (Å²) in [6.07, 6.45) is 1.08. The van der Waals surface area contributed by atoms with Crippen molar-refractivity contribution in [3.05, 3.63) is 23.8 Å². The van der Waals surface area contributed by atoms with Gasteiger partial charge in [0.05, 0.1) is 31.9 Å². The highest BCUT2D eigenvalue weighted by Crippen LogP contribution is 2.36. The van der Waals surface area contributed by atoms with E-state index in [0.717, 1.165) is 30.0 Å². The van der Waals surface area contributed by atoms with E-state index in [0.29, 0.717) is 0 Å². The van der Waals surface area contributed by atoms with Crippen molar-refractivity contribution in [2.75, 3.05) is 27.9 Å². The first kappa shape index (κ1) is 15.8. The molecule has 0 heterocycles. The number of benzene rings is 1. The van der Waals surface area contributed by atoms with Gasteiger partial charge in [0.1, 0.15) is 11.5 Å². The lowest BCUT2D eigenvalue weighted by Crippen LogP contribution is -2.32. The third-order valence-electron chi connectivity index (χ3n) is 3.23. The van der Waals surface area contributed by atoms with Crippen molar-refractivity contribution >= 4 is 0 Å². The summed E-state index contributed by atoms with van der Waals surface area (Å²) in [6, 6.07) is 5.85. The van der Waals surface area contributed by atoms with Crippen LogP contribution in [-0.2, 0) is 4.74 Å². The van der Waals surface area contributed by atoms with Crippen molar-refractivity contribution in [3.63, 3.8) is 0 Å². The van der Waals surface area contributed by atoms with Crippen LogP contribution in [0.25, 0.3) is 0 Å². The van der Waals surface area contributed by atoms with E-state index in [4.69, 9.17) is 14.2 Å². The molecule has 0 saturated carbocycles. The molecule has 108 valence electrons. The van der Waals surface area contributed by atoms with Gasteiger partial charge < -0.3 is 19.5 Å². The Morgan fingerprint density at radius 3 is 2.11 bits per heavy atom. The monoisotopic (exact) mass is 267 g/mol. The summed E-state index contributed by atoms with van der Waals surface area (Å²) in [5.41, 5.74) is 1.01. The summed E-state index contributed by atoms with van der Waals surface area (Å²) in [7, 11) is 5.06.